The van der Waals surface area contributed by atoms with E-state index in [0.29, 0.717) is 12.6 Å². The summed E-state index contributed by atoms with van der Waals surface area (Å²) in [5.41, 5.74) is 13.0. The Hall–Kier alpha value is -3.28. The number of nitrogens with zero attached hydrogens (tertiary/aromatic N) is 2. The van der Waals surface area contributed by atoms with Gasteiger partial charge in [0.05, 0.1) is 13.2 Å². The maximum Gasteiger partial charge on any atom is 0.0594 e. The fraction of sp³-hybridized carbons (Fsp3) is 0.459. The summed E-state index contributed by atoms with van der Waals surface area (Å²) in [6.45, 7) is 28.5. The topological polar surface area (TPSA) is 39.8 Å². The third kappa shape index (κ3) is 7.56. The molecule has 0 aromatic heterocycles. The van der Waals surface area contributed by atoms with Gasteiger partial charge in [-0.05, 0) is 92.1 Å². The SMILES string of the molecule is C=C1NC(C)=CC(C)=C1CNC(=C)c1cc(-c2ccc(CN3CCOCC3)cc2)cc(N(CC)C(CC)CCC)c1C. The Balaban J connectivity index is 1.68. The van der Waals surface area contributed by atoms with Crippen LogP contribution in [0.15, 0.2) is 78.2 Å². The van der Waals surface area contributed by atoms with Crippen molar-refractivity contribution in [3.63, 3.8) is 0 Å². The average Bonchev–Trinajstić information content (AvgIpc) is 2.98. The van der Waals surface area contributed by atoms with Gasteiger partial charge in [-0.25, -0.2) is 0 Å². The second-order valence-corrected chi connectivity index (χ2v) is 11.8. The van der Waals surface area contributed by atoms with E-state index in [0.717, 1.165) is 62.9 Å². The van der Waals surface area contributed by atoms with Crippen molar-refractivity contribution in [1.82, 2.24) is 15.5 Å². The summed E-state index contributed by atoms with van der Waals surface area (Å²) in [6.07, 6.45) is 5.68. The van der Waals surface area contributed by atoms with Gasteiger partial charge in [-0.1, -0.05) is 57.7 Å². The molecule has 2 heterocycles. The van der Waals surface area contributed by atoms with Gasteiger partial charge in [0, 0.05) is 67.1 Å². The number of hydrogen-bond acceptors (Lipinski definition) is 5. The summed E-state index contributed by atoms with van der Waals surface area (Å²) in [5.74, 6) is 0. The monoisotopic (exact) mass is 568 g/mol. The minimum Gasteiger partial charge on any atom is -0.381 e. The van der Waals surface area contributed by atoms with Gasteiger partial charge in [0.1, 0.15) is 0 Å². The van der Waals surface area contributed by atoms with Gasteiger partial charge < -0.3 is 20.3 Å². The number of ether oxygens (including phenoxy) is 1. The molecular weight excluding hydrogens is 516 g/mol. The Kier molecular flexibility index (Phi) is 11.1. The van der Waals surface area contributed by atoms with E-state index in [4.69, 9.17) is 4.74 Å². The smallest absolute Gasteiger partial charge is 0.0594 e. The van der Waals surface area contributed by atoms with Crippen molar-refractivity contribution in [3.05, 3.63) is 94.9 Å². The fourth-order valence-corrected chi connectivity index (χ4v) is 6.37. The molecule has 1 unspecified atom stereocenters. The first-order valence-corrected chi connectivity index (χ1v) is 15.8. The van der Waals surface area contributed by atoms with Crippen LogP contribution in [-0.2, 0) is 11.3 Å². The van der Waals surface area contributed by atoms with Crippen LogP contribution in [0.4, 0.5) is 5.69 Å². The van der Waals surface area contributed by atoms with Gasteiger partial charge >= 0.3 is 0 Å². The lowest BCUT2D eigenvalue weighted by Gasteiger charge is -2.35. The first kappa shape index (κ1) is 31.7. The first-order valence-electron chi connectivity index (χ1n) is 15.8. The Morgan fingerprint density at radius 2 is 1.76 bits per heavy atom. The lowest BCUT2D eigenvalue weighted by Crippen LogP contribution is -2.35. The van der Waals surface area contributed by atoms with Crippen molar-refractivity contribution in [2.24, 2.45) is 0 Å². The average molecular weight is 569 g/mol. The van der Waals surface area contributed by atoms with Crippen LogP contribution in [0.3, 0.4) is 0 Å². The maximum atomic E-state index is 5.53. The molecule has 2 aliphatic heterocycles. The second kappa shape index (κ2) is 14.8. The van der Waals surface area contributed by atoms with Gasteiger partial charge in [0.25, 0.3) is 0 Å². The molecule has 5 heteroatoms. The van der Waals surface area contributed by atoms with Crippen LogP contribution in [0, 0.1) is 6.92 Å². The number of rotatable bonds is 13. The van der Waals surface area contributed by atoms with Crippen LogP contribution in [-0.4, -0.2) is 50.3 Å². The standard InChI is InChI=1S/C37H52N4O/c1-9-12-34(10-2)41(11-3)37-23-33(32-15-13-31(14-16-32)25-40-17-19-42-20-18-40)22-35(28(37)6)29(7)38-24-36-26(4)21-27(5)39-30(36)8/h13-16,21-23,34,38-39H,7-12,17-20,24-25H2,1-6H3. The molecule has 2 aromatic rings. The van der Waals surface area contributed by atoms with Crippen LogP contribution in [0.2, 0.25) is 0 Å². The van der Waals surface area contributed by atoms with Gasteiger partial charge in [0.15, 0.2) is 0 Å². The zero-order chi connectivity index (χ0) is 30.2. The quantitative estimate of drug-likeness (QED) is 0.258. The van der Waals surface area contributed by atoms with Crippen molar-refractivity contribution in [3.8, 4) is 11.1 Å². The van der Waals surface area contributed by atoms with Crippen LogP contribution in [0.1, 0.15) is 70.6 Å². The van der Waals surface area contributed by atoms with E-state index in [1.165, 1.54) is 57.5 Å². The van der Waals surface area contributed by atoms with Gasteiger partial charge in [-0.3, -0.25) is 4.90 Å². The normalized spacial score (nSPS) is 16.6. The highest BCUT2D eigenvalue weighted by Crippen LogP contribution is 2.35. The number of benzene rings is 2. The van der Waals surface area contributed by atoms with Crippen LogP contribution in [0.5, 0.6) is 0 Å². The number of morpholine rings is 1. The number of nitrogens with one attached hydrogen (secondary N) is 2. The molecule has 0 amide bonds. The molecule has 2 aliphatic rings. The van der Waals surface area contributed by atoms with E-state index in [-0.39, 0.29) is 0 Å². The molecule has 1 saturated heterocycles. The summed E-state index contributed by atoms with van der Waals surface area (Å²) in [6, 6.07) is 14.4. The zero-order valence-electron chi connectivity index (χ0n) is 26.9. The predicted molar refractivity (Wildman–Crippen MR) is 180 cm³/mol. The molecule has 4 rings (SSSR count). The Bertz CT molecular complexity index is 1310. The van der Waals surface area contributed by atoms with E-state index >= 15 is 0 Å². The number of hydrogen-bond donors (Lipinski definition) is 2. The minimum atomic E-state index is 0.512. The molecule has 0 aliphatic carbocycles. The van der Waals surface area contributed by atoms with E-state index in [1.54, 1.807) is 0 Å². The summed E-state index contributed by atoms with van der Waals surface area (Å²) in [5, 5.41) is 7.04. The van der Waals surface area contributed by atoms with Crippen molar-refractivity contribution in [2.75, 3.05) is 44.3 Å². The molecule has 2 N–H and O–H groups in total. The van der Waals surface area contributed by atoms with E-state index < -0.39 is 0 Å². The van der Waals surface area contributed by atoms with Crippen LogP contribution >= 0.6 is 0 Å². The molecule has 42 heavy (non-hydrogen) atoms. The Morgan fingerprint density at radius 1 is 1.05 bits per heavy atom. The summed E-state index contributed by atoms with van der Waals surface area (Å²) in [7, 11) is 0. The fourth-order valence-electron chi connectivity index (χ4n) is 6.37. The number of allylic oxidation sites excluding steroid dienone is 3. The number of dihydropyridines is 1. The van der Waals surface area contributed by atoms with Gasteiger partial charge in [-0.2, -0.15) is 0 Å². The highest BCUT2D eigenvalue weighted by molar-refractivity contribution is 5.80. The minimum absolute atomic E-state index is 0.512. The predicted octanol–water partition coefficient (Wildman–Crippen LogP) is 7.80. The van der Waals surface area contributed by atoms with Crippen molar-refractivity contribution in [1.29, 1.82) is 0 Å². The lowest BCUT2D eigenvalue weighted by atomic mass is 9.94. The third-order valence-electron chi connectivity index (χ3n) is 8.79. The Labute approximate surface area is 255 Å². The molecule has 2 aromatic carbocycles. The van der Waals surface area contributed by atoms with Crippen LogP contribution < -0.4 is 15.5 Å². The highest BCUT2D eigenvalue weighted by Gasteiger charge is 2.21. The first-order chi connectivity index (χ1) is 20.2. The molecule has 1 atom stereocenters. The molecule has 0 radical (unpaired) electrons. The van der Waals surface area contributed by atoms with Gasteiger partial charge in [0.2, 0.25) is 0 Å². The van der Waals surface area contributed by atoms with Crippen molar-refractivity contribution >= 4 is 11.4 Å². The molecule has 1 fully saturated rings. The molecule has 0 spiro atoms. The third-order valence-corrected chi connectivity index (χ3v) is 8.79. The Morgan fingerprint density at radius 3 is 2.38 bits per heavy atom. The molecule has 226 valence electrons. The summed E-state index contributed by atoms with van der Waals surface area (Å²) < 4.78 is 5.53. The van der Waals surface area contributed by atoms with E-state index in [2.05, 4.69) is 118 Å². The van der Waals surface area contributed by atoms with Gasteiger partial charge in [-0.15, -0.1) is 0 Å². The van der Waals surface area contributed by atoms with E-state index in [1.807, 2.05) is 0 Å². The second-order valence-electron chi connectivity index (χ2n) is 11.8. The molecular formula is C37H52N4O. The van der Waals surface area contributed by atoms with Crippen LogP contribution in [0.25, 0.3) is 16.8 Å². The maximum absolute atomic E-state index is 5.53. The largest absolute Gasteiger partial charge is 0.381 e. The summed E-state index contributed by atoms with van der Waals surface area (Å²) in [4.78, 5) is 5.08. The number of anilines is 1. The molecule has 5 nitrogen and oxygen atoms in total. The zero-order valence-corrected chi connectivity index (χ0v) is 26.9. The van der Waals surface area contributed by atoms with E-state index in [9.17, 15) is 0 Å². The molecule has 0 bridgehead atoms. The lowest BCUT2D eigenvalue weighted by molar-refractivity contribution is 0.0342. The highest BCUT2D eigenvalue weighted by atomic mass is 16.5. The molecule has 0 saturated carbocycles. The van der Waals surface area contributed by atoms with Crippen molar-refractivity contribution in [2.45, 2.75) is 73.4 Å². The summed E-state index contributed by atoms with van der Waals surface area (Å²) >= 11 is 0. The van der Waals surface area contributed by atoms with Crippen molar-refractivity contribution < 1.29 is 4.74 Å².